The molecule has 0 unspecified atom stereocenters. The maximum atomic E-state index is 13.0. The number of carbonyl (C=O) groups excluding carboxylic acids is 1. The minimum atomic E-state index is -0.898. The van der Waals surface area contributed by atoms with Crippen LogP contribution in [0.1, 0.15) is 16.1 Å². The number of hydrogen-bond donors (Lipinski definition) is 2. The van der Waals surface area contributed by atoms with Crippen LogP contribution in [0.3, 0.4) is 0 Å². The Kier molecular flexibility index (Phi) is 4.19. The van der Waals surface area contributed by atoms with Crippen LogP contribution in [0, 0.1) is 11.6 Å². The van der Waals surface area contributed by atoms with E-state index in [1.807, 2.05) is 0 Å². The Bertz CT molecular complexity index is 616. The molecule has 2 rings (SSSR count). The molecule has 0 aliphatic carbocycles. The molecule has 1 aromatic carbocycles. The van der Waals surface area contributed by atoms with Gasteiger partial charge in [-0.1, -0.05) is 6.07 Å². The smallest absolute Gasteiger partial charge is 0.271 e. The summed E-state index contributed by atoms with van der Waals surface area (Å²) >= 11 is 0. The van der Waals surface area contributed by atoms with Gasteiger partial charge < -0.3 is 10.6 Å². The fourth-order valence-electron chi connectivity index (χ4n) is 1.52. The fraction of sp³-hybridized carbons (Fsp3) is 0.154. The standard InChI is InChI=1S/C13H12F2N4O/c1-16-13(20)11-4-5-12(19-18-11)17-7-8-2-3-9(14)10(15)6-8/h2-6H,7H2,1H3,(H,16,20)(H,17,19). The quantitative estimate of drug-likeness (QED) is 0.893. The number of carbonyl (C=O) groups is 1. The van der Waals surface area contributed by atoms with Crippen molar-refractivity contribution < 1.29 is 13.6 Å². The largest absolute Gasteiger partial charge is 0.365 e. The molecule has 20 heavy (non-hydrogen) atoms. The van der Waals surface area contributed by atoms with Crippen molar-refractivity contribution in [2.45, 2.75) is 6.54 Å². The number of halogens is 2. The molecule has 5 nitrogen and oxygen atoms in total. The highest BCUT2D eigenvalue weighted by molar-refractivity contribution is 5.91. The third-order valence-electron chi connectivity index (χ3n) is 2.58. The predicted octanol–water partition coefficient (Wildman–Crippen LogP) is 1.73. The van der Waals surface area contributed by atoms with E-state index in [0.29, 0.717) is 11.4 Å². The van der Waals surface area contributed by atoms with Crippen molar-refractivity contribution in [1.82, 2.24) is 15.5 Å². The van der Waals surface area contributed by atoms with Crippen LogP contribution in [0.5, 0.6) is 0 Å². The number of rotatable bonds is 4. The Labute approximate surface area is 114 Å². The zero-order valence-corrected chi connectivity index (χ0v) is 10.7. The number of hydrogen-bond acceptors (Lipinski definition) is 4. The summed E-state index contributed by atoms with van der Waals surface area (Å²) in [5.74, 6) is -1.68. The first-order chi connectivity index (χ1) is 9.60. The predicted molar refractivity (Wildman–Crippen MR) is 69.1 cm³/mol. The van der Waals surface area contributed by atoms with Gasteiger partial charge in [0.1, 0.15) is 5.82 Å². The molecule has 0 fully saturated rings. The number of anilines is 1. The fourth-order valence-corrected chi connectivity index (χ4v) is 1.52. The van der Waals surface area contributed by atoms with Gasteiger partial charge in [0, 0.05) is 13.6 Å². The monoisotopic (exact) mass is 278 g/mol. The second-order valence-corrected chi connectivity index (χ2v) is 3.98. The summed E-state index contributed by atoms with van der Waals surface area (Å²) in [6.07, 6.45) is 0. The summed E-state index contributed by atoms with van der Waals surface area (Å²) in [7, 11) is 1.50. The lowest BCUT2D eigenvalue weighted by Crippen LogP contribution is -2.19. The topological polar surface area (TPSA) is 66.9 Å². The molecule has 0 saturated heterocycles. The van der Waals surface area contributed by atoms with Crippen LogP contribution < -0.4 is 10.6 Å². The zero-order valence-electron chi connectivity index (χ0n) is 10.7. The third-order valence-corrected chi connectivity index (χ3v) is 2.58. The van der Waals surface area contributed by atoms with Crippen molar-refractivity contribution in [2.24, 2.45) is 0 Å². The Morgan fingerprint density at radius 1 is 1.15 bits per heavy atom. The van der Waals surface area contributed by atoms with Gasteiger partial charge in [0.2, 0.25) is 0 Å². The minimum Gasteiger partial charge on any atom is -0.365 e. The Morgan fingerprint density at radius 3 is 2.55 bits per heavy atom. The summed E-state index contributed by atoms with van der Waals surface area (Å²) in [6, 6.07) is 6.73. The van der Waals surface area contributed by atoms with Gasteiger partial charge in [-0.2, -0.15) is 0 Å². The molecular formula is C13H12F2N4O. The molecule has 1 amide bonds. The Morgan fingerprint density at radius 2 is 1.95 bits per heavy atom. The number of aromatic nitrogens is 2. The van der Waals surface area contributed by atoms with E-state index in [1.165, 1.54) is 19.2 Å². The van der Waals surface area contributed by atoms with E-state index < -0.39 is 11.6 Å². The average molecular weight is 278 g/mol. The second-order valence-electron chi connectivity index (χ2n) is 3.98. The number of amides is 1. The van der Waals surface area contributed by atoms with Gasteiger partial charge in [-0.3, -0.25) is 4.79 Å². The lowest BCUT2D eigenvalue weighted by Gasteiger charge is -2.06. The molecule has 0 radical (unpaired) electrons. The van der Waals surface area contributed by atoms with E-state index in [4.69, 9.17) is 0 Å². The maximum Gasteiger partial charge on any atom is 0.271 e. The van der Waals surface area contributed by atoms with E-state index in [-0.39, 0.29) is 18.1 Å². The van der Waals surface area contributed by atoms with E-state index in [1.54, 1.807) is 6.07 Å². The van der Waals surface area contributed by atoms with Gasteiger partial charge in [-0.15, -0.1) is 10.2 Å². The number of benzene rings is 1. The Hall–Kier alpha value is -2.57. The van der Waals surface area contributed by atoms with Crippen molar-refractivity contribution >= 4 is 11.7 Å². The molecule has 0 saturated carbocycles. The molecule has 2 aromatic rings. The van der Waals surface area contributed by atoms with Crippen LogP contribution >= 0.6 is 0 Å². The first-order valence-electron chi connectivity index (χ1n) is 5.84. The minimum absolute atomic E-state index is 0.200. The first-order valence-corrected chi connectivity index (χ1v) is 5.84. The van der Waals surface area contributed by atoms with E-state index in [9.17, 15) is 13.6 Å². The highest BCUT2D eigenvalue weighted by atomic mass is 19.2. The summed E-state index contributed by atoms with van der Waals surface area (Å²) in [5, 5.41) is 12.9. The zero-order chi connectivity index (χ0) is 14.5. The van der Waals surface area contributed by atoms with Gasteiger partial charge in [0.25, 0.3) is 5.91 Å². The molecule has 0 aliphatic rings. The highest BCUT2D eigenvalue weighted by Crippen LogP contribution is 2.10. The van der Waals surface area contributed by atoms with Crippen molar-refractivity contribution in [3.8, 4) is 0 Å². The molecule has 1 heterocycles. The van der Waals surface area contributed by atoms with Crippen LogP contribution in [0.4, 0.5) is 14.6 Å². The van der Waals surface area contributed by atoms with E-state index >= 15 is 0 Å². The highest BCUT2D eigenvalue weighted by Gasteiger charge is 2.06. The molecule has 1 aromatic heterocycles. The summed E-state index contributed by atoms with van der Waals surface area (Å²) in [4.78, 5) is 11.3. The van der Waals surface area contributed by atoms with Crippen molar-refractivity contribution in [3.05, 3.63) is 53.2 Å². The van der Waals surface area contributed by atoms with Gasteiger partial charge >= 0.3 is 0 Å². The number of nitrogens with one attached hydrogen (secondary N) is 2. The SMILES string of the molecule is CNC(=O)c1ccc(NCc2ccc(F)c(F)c2)nn1. The average Bonchev–Trinajstić information content (AvgIpc) is 2.48. The van der Waals surface area contributed by atoms with Crippen LogP contribution in [-0.4, -0.2) is 23.2 Å². The molecule has 104 valence electrons. The van der Waals surface area contributed by atoms with Gasteiger partial charge in [-0.25, -0.2) is 8.78 Å². The van der Waals surface area contributed by atoms with Crippen molar-refractivity contribution in [1.29, 1.82) is 0 Å². The van der Waals surface area contributed by atoms with Crippen LogP contribution in [0.15, 0.2) is 30.3 Å². The molecule has 0 spiro atoms. The van der Waals surface area contributed by atoms with E-state index in [0.717, 1.165) is 12.1 Å². The molecule has 0 bridgehead atoms. The summed E-state index contributed by atoms with van der Waals surface area (Å²) < 4.78 is 25.8. The first kappa shape index (κ1) is 13.9. The van der Waals surface area contributed by atoms with Crippen molar-refractivity contribution in [2.75, 3.05) is 12.4 Å². The maximum absolute atomic E-state index is 13.0. The molecule has 2 N–H and O–H groups in total. The van der Waals surface area contributed by atoms with Crippen LogP contribution in [-0.2, 0) is 6.54 Å². The molecular weight excluding hydrogens is 266 g/mol. The number of nitrogens with zero attached hydrogens (tertiary/aromatic N) is 2. The van der Waals surface area contributed by atoms with Crippen molar-refractivity contribution in [3.63, 3.8) is 0 Å². The Balaban J connectivity index is 2.00. The molecule has 7 heteroatoms. The van der Waals surface area contributed by atoms with Gasteiger partial charge in [0.05, 0.1) is 0 Å². The lowest BCUT2D eigenvalue weighted by atomic mass is 10.2. The van der Waals surface area contributed by atoms with Gasteiger partial charge in [0.15, 0.2) is 17.3 Å². The summed E-state index contributed by atoms with van der Waals surface area (Å²) in [5.41, 5.74) is 0.770. The lowest BCUT2D eigenvalue weighted by molar-refractivity contribution is 0.0957. The summed E-state index contributed by atoms with van der Waals surface area (Å²) in [6.45, 7) is 0.269. The van der Waals surface area contributed by atoms with E-state index in [2.05, 4.69) is 20.8 Å². The van der Waals surface area contributed by atoms with Gasteiger partial charge in [-0.05, 0) is 29.8 Å². The van der Waals surface area contributed by atoms with Crippen LogP contribution in [0.2, 0.25) is 0 Å². The molecule has 0 aliphatic heterocycles. The third kappa shape index (κ3) is 3.25. The normalized spacial score (nSPS) is 10.2. The second kappa shape index (κ2) is 6.05. The molecule has 0 atom stereocenters. The van der Waals surface area contributed by atoms with Crippen LogP contribution in [0.25, 0.3) is 0 Å².